The average Bonchev–Trinajstić information content (AvgIpc) is 1.27. The van der Waals surface area contributed by atoms with Crippen LogP contribution in [0.25, 0.3) is 0 Å². The third kappa shape index (κ3) is 328. The van der Waals surface area contributed by atoms with Crippen LogP contribution in [0.1, 0.15) is 6.92 Å². The smallest absolute Gasteiger partial charge is 0.264 e. The van der Waals surface area contributed by atoms with E-state index in [1.165, 1.54) is 0 Å². The van der Waals surface area contributed by atoms with E-state index < -0.39 is 10.4 Å². The van der Waals surface area contributed by atoms with E-state index >= 15 is 0 Å². The molecule has 0 unspecified atom stereocenters. The summed E-state index contributed by atoms with van der Waals surface area (Å²) in [5, 5.41) is 0. The van der Waals surface area contributed by atoms with E-state index in [-0.39, 0.29) is 0 Å². The molecule has 0 rings (SSSR count). The van der Waals surface area contributed by atoms with Crippen molar-refractivity contribution in [1.82, 2.24) is 0 Å². The Morgan fingerprint density at radius 3 is 1.50 bits per heavy atom. The lowest BCUT2D eigenvalue weighted by Gasteiger charge is -1.68. The maximum absolute atomic E-state index is 8.74. The number of hydrogen-bond acceptors (Lipinski definition) is 2. The second-order valence-electron chi connectivity index (χ2n) is 0.737. The van der Waals surface area contributed by atoms with Gasteiger partial charge in [-0.3, -0.25) is 9.11 Å². The summed E-state index contributed by atoms with van der Waals surface area (Å²) in [6.45, 7) is 1.65. The van der Waals surface area contributed by atoms with Gasteiger partial charge in [-0.2, -0.15) is 8.42 Å². The molecule has 0 fully saturated rings. The van der Waals surface area contributed by atoms with E-state index in [0.29, 0.717) is 0 Å². The van der Waals surface area contributed by atoms with Crippen LogP contribution in [0.15, 0.2) is 0 Å². The summed E-state index contributed by atoms with van der Waals surface area (Å²) in [7, 11) is -4.67. The predicted molar refractivity (Wildman–Crippen MR) is 28.7 cm³/mol. The quantitative estimate of drug-likeness (QED) is 0.364. The fourth-order valence-corrected chi connectivity index (χ4v) is 0. The summed E-state index contributed by atoms with van der Waals surface area (Å²) in [6.07, 6.45) is 4.60. The Balaban J connectivity index is 0. The molecule has 0 aromatic carbocycles. The van der Waals surface area contributed by atoms with Crippen molar-refractivity contribution in [3.05, 3.63) is 0 Å². The Labute approximate surface area is 48.1 Å². The molecule has 0 aliphatic rings. The predicted octanol–water partition coefficient (Wildman–Crippen LogP) is -0.0133. The molecule has 0 aliphatic carbocycles. The molecule has 0 saturated carbocycles. The fraction of sp³-hybridized carbons (Fsp3) is 0.333. The first-order valence-electron chi connectivity index (χ1n) is 1.49. The Morgan fingerprint density at radius 1 is 1.50 bits per heavy atom. The monoisotopic (exact) mass is 138 g/mol. The summed E-state index contributed by atoms with van der Waals surface area (Å²) in [5.74, 6) is 2.25. The molecule has 48 valence electrons. The van der Waals surface area contributed by atoms with Crippen molar-refractivity contribution in [3.8, 4) is 12.3 Å². The maximum Gasteiger partial charge on any atom is 0.394 e. The van der Waals surface area contributed by atoms with Gasteiger partial charge in [0.25, 0.3) is 0 Å². The van der Waals surface area contributed by atoms with Gasteiger partial charge in [0.05, 0.1) is 0 Å². The molecule has 0 amide bonds. The molecule has 0 atom stereocenters. The normalized spacial score (nSPS) is 8.25. The minimum absolute atomic E-state index is 1.65. The highest BCUT2D eigenvalue weighted by Crippen LogP contribution is 1.59. The van der Waals surface area contributed by atoms with Crippen LogP contribution in [0.5, 0.6) is 0 Å². The van der Waals surface area contributed by atoms with Crippen LogP contribution in [-0.2, 0) is 10.4 Å². The van der Waals surface area contributed by atoms with Crippen molar-refractivity contribution < 1.29 is 17.5 Å². The van der Waals surface area contributed by atoms with E-state index in [1.807, 2.05) is 0 Å². The van der Waals surface area contributed by atoms with E-state index in [4.69, 9.17) is 17.5 Å². The van der Waals surface area contributed by atoms with E-state index in [9.17, 15) is 0 Å². The summed E-state index contributed by atoms with van der Waals surface area (Å²) in [6, 6.07) is 0. The van der Waals surface area contributed by atoms with E-state index in [1.54, 1.807) is 6.92 Å². The van der Waals surface area contributed by atoms with Gasteiger partial charge in [-0.15, -0.1) is 12.3 Å². The zero-order valence-corrected chi connectivity index (χ0v) is 5.01. The van der Waals surface area contributed by atoms with Crippen LogP contribution >= 0.6 is 0 Å². The van der Waals surface area contributed by atoms with Crippen molar-refractivity contribution in [1.29, 1.82) is 0 Å². The molecule has 0 bridgehead atoms. The second-order valence-corrected chi connectivity index (χ2v) is 1.63. The molecule has 0 aromatic heterocycles. The van der Waals surface area contributed by atoms with Crippen molar-refractivity contribution in [2.24, 2.45) is 0 Å². The highest BCUT2D eigenvalue weighted by atomic mass is 32.3. The Morgan fingerprint density at radius 2 is 1.50 bits per heavy atom. The molecule has 0 aromatic rings. The van der Waals surface area contributed by atoms with Crippen LogP contribution in [0.2, 0.25) is 0 Å². The van der Waals surface area contributed by atoms with Gasteiger partial charge in [0, 0.05) is 0 Å². The largest absolute Gasteiger partial charge is 0.394 e. The maximum atomic E-state index is 8.74. The zero-order valence-electron chi connectivity index (χ0n) is 4.20. The number of rotatable bonds is 0. The second kappa shape index (κ2) is 4.59. The van der Waals surface area contributed by atoms with Gasteiger partial charge in [0.15, 0.2) is 0 Å². The SMILES string of the molecule is C#CC.O=S(=O)(O)O. The standard InChI is InChI=1S/C3H4.H2O4S/c1-3-2;1-5(2,3)4/h1H,2H3;(H2,1,2,3,4). The molecule has 2 N–H and O–H groups in total. The minimum atomic E-state index is -4.67. The van der Waals surface area contributed by atoms with Crippen molar-refractivity contribution in [2.75, 3.05) is 0 Å². The molecule has 0 saturated heterocycles. The van der Waals surface area contributed by atoms with Gasteiger partial charge in [-0.25, -0.2) is 0 Å². The summed E-state index contributed by atoms with van der Waals surface area (Å²) < 4.78 is 31.6. The van der Waals surface area contributed by atoms with Crippen LogP contribution in [0.3, 0.4) is 0 Å². The third-order valence-electron chi connectivity index (χ3n) is 0. The van der Waals surface area contributed by atoms with Gasteiger partial charge < -0.3 is 0 Å². The topological polar surface area (TPSA) is 74.6 Å². The summed E-state index contributed by atoms with van der Waals surface area (Å²) >= 11 is 0. The van der Waals surface area contributed by atoms with Crippen molar-refractivity contribution in [2.45, 2.75) is 6.92 Å². The van der Waals surface area contributed by atoms with Gasteiger partial charge in [0.1, 0.15) is 0 Å². The molecular formula is C3H6O4S. The zero-order chi connectivity index (χ0) is 7.21. The van der Waals surface area contributed by atoms with Gasteiger partial charge in [-0.05, 0) is 6.92 Å². The van der Waals surface area contributed by atoms with E-state index in [2.05, 4.69) is 12.3 Å². The van der Waals surface area contributed by atoms with Crippen LogP contribution in [0, 0.1) is 12.3 Å². The lowest BCUT2D eigenvalue weighted by molar-refractivity contribution is 0.381. The van der Waals surface area contributed by atoms with E-state index in [0.717, 1.165) is 0 Å². The van der Waals surface area contributed by atoms with Crippen LogP contribution < -0.4 is 0 Å². The Kier molecular flexibility index (Phi) is 5.97. The lowest BCUT2D eigenvalue weighted by Crippen LogP contribution is -1.89. The highest BCUT2D eigenvalue weighted by Gasteiger charge is 1.84. The first-order chi connectivity index (χ1) is 3.41. The molecule has 0 heterocycles. The van der Waals surface area contributed by atoms with Gasteiger partial charge in [0.2, 0.25) is 0 Å². The molecule has 0 spiro atoms. The Bertz CT molecular complexity index is 152. The average molecular weight is 138 g/mol. The van der Waals surface area contributed by atoms with Crippen molar-refractivity contribution >= 4 is 10.4 Å². The van der Waals surface area contributed by atoms with Crippen molar-refractivity contribution in [3.63, 3.8) is 0 Å². The third-order valence-corrected chi connectivity index (χ3v) is 0. The molecule has 5 heteroatoms. The molecule has 0 radical (unpaired) electrons. The molecule has 4 nitrogen and oxygen atoms in total. The highest BCUT2D eigenvalue weighted by molar-refractivity contribution is 7.79. The first kappa shape index (κ1) is 10.4. The molecule has 8 heavy (non-hydrogen) atoms. The van der Waals surface area contributed by atoms with Crippen LogP contribution in [0.4, 0.5) is 0 Å². The Hall–Kier alpha value is -0.570. The van der Waals surface area contributed by atoms with Crippen LogP contribution in [-0.4, -0.2) is 17.5 Å². The number of hydrogen-bond donors (Lipinski definition) is 2. The van der Waals surface area contributed by atoms with Gasteiger partial charge >= 0.3 is 10.4 Å². The summed E-state index contributed by atoms with van der Waals surface area (Å²) in [4.78, 5) is 0. The minimum Gasteiger partial charge on any atom is -0.264 e. The molecular weight excluding hydrogens is 132 g/mol. The number of terminal acetylenes is 1. The van der Waals surface area contributed by atoms with Gasteiger partial charge in [-0.1, -0.05) is 0 Å². The molecule has 0 aliphatic heterocycles. The lowest BCUT2D eigenvalue weighted by atomic mass is 10.9. The summed E-state index contributed by atoms with van der Waals surface area (Å²) in [5.41, 5.74) is 0. The fourth-order valence-electron chi connectivity index (χ4n) is 0. The first-order valence-corrected chi connectivity index (χ1v) is 2.88.